The molecule has 6 heterocycles. The average Bonchev–Trinajstić information content (AvgIpc) is 4.17. The quantitative estimate of drug-likeness (QED) is 0.0853. The van der Waals surface area contributed by atoms with Gasteiger partial charge in [-0.05, 0) is 104 Å². The fourth-order valence-electron chi connectivity index (χ4n) is 5.76. The normalized spacial score (nSPS) is 10.6. The van der Waals surface area contributed by atoms with Gasteiger partial charge >= 0.3 is 11.9 Å². The summed E-state index contributed by atoms with van der Waals surface area (Å²) in [6.45, 7) is 2.06. The molecule has 0 aliphatic rings. The Morgan fingerprint density at radius 2 is 1.00 bits per heavy atom. The molecule has 0 aliphatic carbocycles. The Bertz CT molecular complexity index is 2750. The molecule has 6 aromatic heterocycles. The number of thioether (sulfide) groups is 2. The average molecular weight is 883 g/mol. The maximum atomic E-state index is 12.5. The number of methoxy groups -OCH3 is 1. The summed E-state index contributed by atoms with van der Waals surface area (Å²) in [5, 5.41) is 23.9. The zero-order valence-corrected chi connectivity index (χ0v) is 35.3. The monoisotopic (exact) mass is 882 g/mol. The van der Waals surface area contributed by atoms with Crippen LogP contribution in [0.3, 0.4) is 0 Å². The zero-order valence-electron chi connectivity index (χ0n) is 33.7. The largest absolute Gasteiger partial charge is 0.465 e. The lowest BCUT2D eigenvalue weighted by atomic mass is 10.2. The van der Waals surface area contributed by atoms with Crippen molar-refractivity contribution >= 4 is 58.7 Å². The number of ether oxygens (including phenoxy) is 2. The highest BCUT2D eigenvalue weighted by Crippen LogP contribution is 2.26. The Kier molecular flexibility index (Phi) is 14.5. The third-order valence-electron chi connectivity index (χ3n) is 8.64. The van der Waals surface area contributed by atoms with E-state index < -0.39 is 11.9 Å². The van der Waals surface area contributed by atoms with Crippen LogP contribution >= 0.6 is 23.5 Å². The minimum absolute atomic E-state index is 0.130. The third kappa shape index (κ3) is 11.1. The molecule has 63 heavy (non-hydrogen) atoms. The number of aromatic nitrogens is 10. The molecule has 2 amide bonds. The SMILES string of the molecule is CCOC(=O)c1ccc(NC(=O)CSc2nnc(-c3cccnc3)n2-n2cccc2)cc1.COC(=O)c1ccc(NC(=O)CSc2nnc(-c3cccnc3)n2-n2cccc2)cc1. The van der Waals surface area contributed by atoms with Crippen molar-refractivity contribution in [2.24, 2.45) is 0 Å². The van der Waals surface area contributed by atoms with E-state index in [1.54, 1.807) is 80.2 Å². The fourth-order valence-corrected chi connectivity index (χ4v) is 7.23. The minimum atomic E-state index is -0.429. The predicted molar refractivity (Wildman–Crippen MR) is 236 cm³/mol. The molecule has 0 unspecified atom stereocenters. The Morgan fingerprint density at radius 1 is 0.571 bits per heavy atom. The van der Waals surface area contributed by atoms with Crippen LogP contribution in [-0.4, -0.2) is 98.0 Å². The number of rotatable bonds is 15. The van der Waals surface area contributed by atoms with Crippen LogP contribution in [-0.2, 0) is 19.1 Å². The van der Waals surface area contributed by atoms with Gasteiger partial charge in [-0.15, -0.1) is 20.4 Å². The number of anilines is 2. The number of esters is 2. The first-order valence-electron chi connectivity index (χ1n) is 19.1. The molecule has 0 spiro atoms. The maximum absolute atomic E-state index is 12.5. The second kappa shape index (κ2) is 21.1. The van der Waals surface area contributed by atoms with E-state index in [1.165, 1.54) is 30.6 Å². The van der Waals surface area contributed by atoms with Crippen molar-refractivity contribution in [3.05, 3.63) is 158 Å². The summed E-state index contributed by atoms with van der Waals surface area (Å²) in [7, 11) is 1.32. The van der Waals surface area contributed by atoms with Gasteiger partial charge < -0.3 is 20.1 Å². The molecule has 318 valence electrons. The van der Waals surface area contributed by atoms with Gasteiger partial charge in [-0.3, -0.25) is 28.9 Å². The molecule has 8 aromatic rings. The van der Waals surface area contributed by atoms with Crippen molar-refractivity contribution in [1.29, 1.82) is 0 Å². The van der Waals surface area contributed by atoms with Crippen molar-refractivity contribution in [2.75, 3.05) is 35.9 Å². The molecular weight excluding hydrogens is 845 g/mol. The lowest BCUT2D eigenvalue weighted by molar-refractivity contribution is -0.114. The van der Waals surface area contributed by atoms with E-state index in [-0.39, 0.29) is 23.3 Å². The highest BCUT2D eigenvalue weighted by molar-refractivity contribution is 8.00. The van der Waals surface area contributed by atoms with Crippen LogP contribution in [0, 0.1) is 0 Å². The number of benzene rings is 2. The van der Waals surface area contributed by atoms with Gasteiger partial charge in [-0.2, -0.15) is 0 Å². The highest BCUT2D eigenvalue weighted by atomic mass is 32.2. The fraction of sp³-hybridized carbons (Fsp3) is 0.116. The minimum Gasteiger partial charge on any atom is -0.465 e. The number of amides is 2. The van der Waals surface area contributed by atoms with Crippen molar-refractivity contribution < 1.29 is 28.7 Å². The first-order chi connectivity index (χ1) is 30.8. The lowest BCUT2D eigenvalue weighted by Gasteiger charge is -2.11. The molecule has 20 heteroatoms. The summed E-state index contributed by atoms with van der Waals surface area (Å²) in [5.74, 6) is 0.260. The van der Waals surface area contributed by atoms with Crippen LogP contribution in [0.5, 0.6) is 0 Å². The number of carbonyl (C=O) groups excluding carboxylic acids is 4. The van der Waals surface area contributed by atoms with E-state index >= 15 is 0 Å². The molecule has 2 N–H and O–H groups in total. The van der Waals surface area contributed by atoms with Crippen molar-refractivity contribution in [3.8, 4) is 22.8 Å². The number of carbonyl (C=O) groups is 4. The summed E-state index contributed by atoms with van der Waals surface area (Å²) in [6.07, 6.45) is 14.3. The van der Waals surface area contributed by atoms with Crippen molar-refractivity contribution in [1.82, 2.24) is 49.1 Å². The highest BCUT2D eigenvalue weighted by Gasteiger charge is 2.19. The molecule has 0 fully saturated rings. The Hall–Kier alpha value is -7.84. The summed E-state index contributed by atoms with van der Waals surface area (Å²) in [6, 6.07) is 28.1. The van der Waals surface area contributed by atoms with E-state index in [9.17, 15) is 19.2 Å². The van der Waals surface area contributed by atoms with E-state index in [4.69, 9.17) is 4.74 Å². The lowest BCUT2D eigenvalue weighted by Crippen LogP contribution is -2.16. The van der Waals surface area contributed by atoms with Crippen LogP contribution in [0.2, 0.25) is 0 Å². The summed E-state index contributed by atoms with van der Waals surface area (Å²) in [4.78, 5) is 56.5. The van der Waals surface area contributed by atoms with Gasteiger partial charge in [-0.1, -0.05) is 23.5 Å². The van der Waals surface area contributed by atoms with Crippen molar-refractivity contribution in [3.63, 3.8) is 0 Å². The molecule has 0 bridgehead atoms. The van der Waals surface area contributed by atoms with Gasteiger partial charge in [0.15, 0.2) is 11.6 Å². The van der Waals surface area contributed by atoms with E-state index in [2.05, 4.69) is 45.7 Å². The van der Waals surface area contributed by atoms with Gasteiger partial charge in [0, 0.05) is 72.1 Å². The van der Waals surface area contributed by atoms with Crippen molar-refractivity contribution in [2.45, 2.75) is 17.2 Å². The molecule has 0 saturated carbocycles. The topological polar surface area (TPSA) is 208 Å². The smallest absolute Gasteiger partial charge is 0.338 e. The second-order valence-corrected chi connectivity index (χ2v) is 14.8. The Morgan fingerprint density at radius 3 is 1.38 bits per heavy atom. The van der Waals surface area contributed by atoms with Gasteiger partial charge in [-0.25, -0.2) is 18.9 Å². The first kappa shape index (κ1) is 43.3. The Balaban J connectivity index is 0.000000189. The predicted octanol–water partition coefficient (Wildman–Crippen LogP) is 6.33. The van der Waals surface area contributed by atoms with Crippen LogP contribution in [0.25, 0.3) is 22.8 Å². The molecule has 18 nitrogen and oxygen atoms in total. The van der Waals surface area contributed by atoms with Gasteiger partial charge in [0.2, 0.25) is 22.1 Å². The molecular formula is C43H38N12O6S2. The van der Waals surface area contributed by atoms with Gasteiger partial charge in [0.1, 0.15) is 0 Å². The molecule has 0 saturated heterocycles. The summed E-state index contributed by atoms with van der Waals surface area (Å²) in [5.41, 5.74) is 3.64. The summed E-state index contributed by atoms with van der Waals surface area (Å²) < 4.78 is 17.0. The number of nitrogens with zero attached hydrogens (tertiary/aromatic N) is 10. The summed E-state index contributed by atoms with van der Waals surface area (Å²) >= 11 is 2.53. The number of hydrogen-bond acceptors (Lipinski definition) is 14. The molecule has 2 aromatic carbocycles. The molecule has 0 radical (unpaired) electrons. The van der Waals surface area contributed by atoms with Gasteiger partial charge in [0.25, 0.3) is 0 Å². The zero-order chi connectivity index (χ0) is 44.0. The van der Waals surface area contributed by atoms with Crippen LogP contribution in [0.15, 0.2) is 157 Å². The number of hydrogen-bond donors (Lipinski definition) is 2. The van der Waals surface area contributed by atoms with Crippen LogP contribution < -0.4 is 10.6 Å². The van der Waals surface area contributed by atoms with E-state index in [0.717, 1.165) is 11.1 Å². The molecule has 0 aliphatic heterocycles. The van der Waals surface area contributed by atoms with Gasteiger partial charge in [0.05, 0.1) is 36.3 Å². The standard InChI is InChI=1S/C22H20N6O3S.C21H18N6O3S/c1-2-31-21(30)16-7-9-18(10-8-16)24-19(29)15-32-22-26-25-20(17-6-5-11-23-14-17)28(22)27-12-3-4-13-27;1-30-20(29)15-6-8-17(9-7-15)23-18(28)14-31-21-25-24-19(16-5-4-10-22-13-16)27(21)26-11-2-3-12-26/h3-14H,2,15H2,1H3,(H,24,29);2-13H,14H2,1H3,(H,23,28). The van der Waals surface area contributed by atoms with Crippen LogP contribution in [0.4, 0.5) is 11.4 Å². The molecule has 0 atom stereocenters. The molecule has 8 rings (SSSR count). The Labute approximate surface area is 368 Å². The van der Waals surface area contributed by atoms with E-state index in [0.29, 0.717) is 51.1 Å². The second-order valence-electron chi connectivity index (χ2n) is 12.9. The van der Waals surface area contributed by atoms with E-state index in [1.807, 2.05) is 92.0 Å². The third-order valence-corrected chi connectivity index (χ3v) is 10.5. The number of nitrogens with one attached hydrogen (secondary N) is 2. The maximum Gasteiger partial charge on any atom is 0.338 e. The van der Waals surface area contributed by atoms with Crippen LogP contribution in [0.1, 0.15) is 27.6 Å². The number of pyridine rings is 2. The first-order valence-corrected chi connectivity index (χ1v) is 21.1.